The molecule has 0 bridgehead atoms. The molecule has 10 heteroatoms. The van der Waals surface area contributed by atoms with Gasteiger partial charge in [0.2, 0.25) is 17.4 Å². The van der Waals surface area contributed by atoms with Crippen molar-refractivity contribution in [3.05, 3.63) is 45.8 Å². The molecule has 0 N–H and O–H groups in total. The zero-order valence-electron chi connectivity index (χ0n) is 14.7. The van der Waals surface area contributed by atoms with Crippen molar-refractivity contribution in [2.24, 2.45) is 0 Å². The highest BCUT2D eigenvalue weighted by atomic mass is 35.5. The number of rotatable bonds is 2. The predicted molar refractivity (Wildman–Crippen MR) is 97.6 cm³/mol. The van der Waals surface area contributed by atoms with Crippen molar-refractivity contribution in [3.63, 3.8) is 0 Å². The Kier molecular flexibility index (Phi) is 3.72. The fourth-order valence-corrected chi connectivity index (χ4v) is 3.79. The number of ether oxygens (including phenoxy) is 1. The molecule has 5 rings (SSSR count). The van der Waals surface area contributed by atoms with E-state index in [0.29, 0.717) is 52.1 Å². The first kappa shape index (κ1) is 16.9. The average Bonchev–Trinajstić information content (AvgIpc) is 3.45. The van der Waals surface area contributed by atoms with Crippen molar-refractivity contribution in [3.8, 4) is 17.6 Å². The second kappa shape index (κ2) is 6.15. The molecule has 4 heterocycles. The topological polar surface area (TPSA) is 116 Å². The van der Waals surface area contributed by atoms with Crippen LogP contribution in [0.1, 0.15) is 29.5 Å². The van der Waals surface area contributed by atoms with Crippen LogP contribution in [0, 0.1) is 23.5 Å². The molecule has 0 aliphatic carbocycles. The molecule has 0 saturated carbocycles. The summed E-state index contributed by atoms with van der Waals surface area (Å²) in [7, 11) is 0. The third-order valence-electron chi connectivity index (χ3n) is 5.03. The molecule has 0 amide bonds. The molecule has 1 atom stereocenters. The summed E-state index contributed by atoms with van der Waals surface area (Å²) in [6.07, 6.45) is 2.40. The number of nitrogens with zero attached hydrogens (tertiary/aromatic N) is 6. The summed E-state index contributed by atoms with van der Waals surface area (Å²) in [5, 5.41) is 26.7. The summed E-state index contributed by atoms with van der Waals surface area (Å²) >= 11 is 6.10. The number of nitriles is 1. The van der Waals surface area contributed by atoms with E-state index in [9.17, 15) is 10.5 Å². The number of aryl methyl sites for hydroxylation is 1. The van der Waals surface area contributed by atoms with Crippen LogP contribution in [-0.2, 0) is 4.74 Å². The Bertz CT molecular complexity index is 1280. The van der Waals surface area contributed by atoms with E-state index in [1.54, 1.807) is 29.8 Å². The van der Waals surface area contributed by atoms with Gasteiger partial charge < -0.3 is 14.5 Å². The van der Waals surface area contributed by atoms with Gasteiger partial charge in [-0.25, -0.2) is 4.98 Å². The standard InChI is InChI=1S/C18H13ClN6O3/c1-9-15-14(17-22-18(28-23-17)10-4-5-27-7-10)21-8-24(15)13-3-2-12(19)11(6-20)16(13)25(9)26/h2-3,8,10H,4-5,7H2,1H3. The lowest BCUT2D eigenvalue weighted by Crippen LogP contribution is -2.33. The van der Waals surface area contributed by atoms with Gasteiger partial charge in [0.25, 0.3) is 5.52 Å². The summed E-state index contributed by atoms with van der Waals surface area (Å²) in [5.41, 5.74) is 2.17. The summed E-state index contributed by atoms with van der Waals surface area (Å²) in [5.74, 6) is 0.879. The van der Waals surface area contributed by atoms with Gasteiger partial charge in [-0.15, -0.1) is 0 Å². The second-order valence-corrected chi connectivity index (χ2v) is 7.02. The molecule has 1 aliphatic rings. The maximum absolute atomic E-state index is 13.0. The molecule has 1 fully saturated rings. The van der Waals surface area contributed by atoms with Gasteiger partial charge in [0, 0.05) is 13.5 Å². The highest BCUT2D eigenvalue weighted by Crippen LogP contribution is 2.30. The zero-order chi connectivity index (χ0) is 19.4. The Labute approximate surface area is 163 Å². The SMILES string of the molecule is Cc1c2c(-c3noc(C4CCOC4)n3)ncn2c2ccc(Cl)c(C#N)c2[n+]1[O-]. The molecule has 1 aliphatic heterocycles. The molecule has 140 valence electrons. The quantitative estimate of drug-likeness (QED) is 0.377. The summed E-state index contributed by atoms with van der Waals surface area (Å²) in [6.45, 7) is 2.87. The highest BCUT2D eigenvalue weighted by molar-refractivity contribution is 6.32. The van der Waals surface area contributed by atoms with Crippen LogP contribution in [0.2, 0.25) is 5.02 Å². The second-order valence-electron chi connectivity index (χ2n) is 6.61. The predicted octanol–water partition coefficient (Wildman–Crippen LogP) is 2.51. The van der Waals surface area contributed by atoms with Crippen molar-refractivity contribution >= 4 is 28.2 Å². The lowest BCUT2D eigenvalue weighted by molar-refractivity contribution is -0.583. The Hall–Kier alpha value is -3.22. The third-order valence-corrected chi connectivity index (χ3v) is 5.34. The number of imidazole rings is 1. The lowest BCUT2D eigenvalue weighted by Gasteiger charge is -2.10. The van der Waals surface area contributed by atoms with Crippen molar-refractivity contribution in [2.45, 2.75) is 19.3 Å². The molecule has 9 nitrogen and oxygen atoms in total. The van der Waals surface area contributed by atoms with Gasteiger partial charge >= 0.3 is 0 Å². The van der Waals surface area contributed by atoms with Crippen molar-refractivity contribution < 1.29 is 14.0 Å². The van der Waals surface area contributed by atoms with Crippen LogP contribution in [-0.4, -0.2) is 32.7 Å². The van der Waals surface area contributed by atoms with Crippen LogP contribution in [0.3, 0.4) is 0 Å². The van der Waals surface area contributed by atoms with E-state index in [4.69, 9.17) is 20.9 Å². The molecule has 1 saturated heterocycles. The van der Waals surface area contributed by atoms with E-state index in [1.807, 2.05) is 6.07 Å². The molecule has 1 aromatic carbocycles. The number of benzene rings is 1. The smallest absolute Gasteiger partial charge is 0.260 e. The first-order valence-electron chi connectivity index (χ1n) is 8.63. The van der Waals surface area contributed by atoms with Gasteiger partial charge in [-0.3, -0.25) is 4.40 Å². The maximum Gasteiger partial charge on any atom is 0.260 e. The molecular weight excluding hydrogens is 384 g/mol. The minimum absolute atomic E-state index is 0.0711. The van der Waals surface area contributed by atoms with E-state index < -0.39 is 0 Å². The van der Waals surface area contributed by atoms with Crippen molar-refractivity contribution in [1.82, 2.24) is 19.5 Å². The number of hydrogen-bond acceptors (Lipinski definition) is 7. The van der Waals surface area contributed by atoms with Crippen LogP contribution in [0.25, 0.3) is 28.1 Å². The first-order chi connectivity index (χ1) is 13.6. The molecule has 28 heavy (non-hydrogen) atoms. The Balaban J connectivity index is 1.76. The maximum atomic E-state index is 13.0. The summed E-state index contributed by atoms with van der Waals surface area (Å²) in [6, 6.07) is 5.28. The third kappa shape index (κ3) is 2.28. The summed E-state index contributed by atoms with van der Waals surface area (Å²) < 4.78 is 13.2. The summed E-state index contributed by atoms with van der Waals surface area (Å²) in [4.78, 5) is 8.88. The fourth-order valence-electron chi connectivity index (χ4n) is 3.59. The van der Waals surface area contributed by atoms with Crippen LogP contribution in [0.5, 0.6) is 0 Å². The molecule has 4 aromatic rings. The number of fused-ring (bicyclic) bond motifs is 3. The lowest BCUT2D eigenvalue weighted by atomic mass is 10.1. The van der Waals surface area contributed by atoms with Gasteiger partial charge in [0.05, 0.1) is 17.5 Å². The monoisotopic (exact) mass is 396 g/mol. The molecule has 1 unspecified atom stereocenters. The van der Waals surface area contributed by atoms with Gasteiger partial charge in [0.1, 0.15) is 34.7 Å². The van der Waals surface area contributed by atoms with Gasteiger partial charge in [0.15, 0.2) is 0 Å². The number of halogens is 1. The Morgan fingerprint density at radius 1 is 1.43 bits per heavy atom. The first-order valence-corrected chi connectivity index (χ1v) is 9.01. The minimum atomic E-state index is 0.0711. The average molecular weight is 397 g/mol. The van der Waals surface area contributed by atoms with Gasteiger partial charge in [-0.2, -0.15) is 15.0 Å². The highest BCUT2D eigenvalue weighted by Gasteiger charge is 2.28. The molecule has 3 aromatic heterocycles. The van der Waals surface area contributed by atoms with E-state index in [1.165, 1.54) is 0 Å². The van der Waals surface area contributed by atoms with E-state index in [2.05, 4.69) is 15.1 Å². The zero-order valence-corrected chi connectivity index (χ0v) is 15.5. The van der Waals surface area contributed by atoms with Crippen molar-refractivity contribution in [1.29, 1.82) is 5.26 Å². The van der Waals surface area contributed by atoms with Crippen molar-refractivity contribution in [2.75, 3.05) is 13.2 Å². The normalized spacial score (nSPS) is 16.8. The van der Waals surface area contributed by atoms with E-state index >= 15 is 0 Å². The van der Waals surface area contributed by atoms with Crippen LogP contribution >= 0.6 is 11.6 Å². The Morgan fingerprint density at radius 2 is 2.29 bits per heavy atom. The largest absolute Gasteiger partial charge is 0.618 e. The fraction of sp³-hybridized carbons (Fsp3) is 0.278. The van der Waals surface area contributed by atoms with Crippen LogP contribution in [0.4, 0.5) is 0 Å². The molecule has 0 radical (unpaired) electrons. The number of aromatic nitrogens is 5. The van der Waals surface area contributed by atoms with Crippen LogP contribution in [0.15, 0.2) is 23.0 Å². The van der Waals surface area contributed by atoms with E-state index in [0.717, 1.165) is 6.42 Å². The van der Waals surface area contributed by atoms with Gasteiger partial charge in [-0.05, 0) is 18.6 Å². The van der Waals surface area contributed by atoms with E-state index in [-0.39, 0.29) is 22.0 Å². The van der Waals surface area contributed by atoms with Gasteiger partial charge in [-0.1, -0.05) is 16.8 Å². The Morgan fingerprint density at radius 3 is 3.04 bits per heavy atom. The van der Waals surface area contributed by atoms with Crippen LogP contribution < -0.4 is 4.73 Å². The molecular formula is C18H13ClN6O3. The number of hydrogen-bond donors (Lipinski definition) is 0. The molecule has 0 spiro atoms. The minimum Gasteiger partial charge on any atom is -0.618 e.